The van der Waals surface area contributed by atoms with Crippen LogP contribution in [0.1, 0.15) is 22.8 Å². The molecule has 0 saturated carbocycles. The van der Waals surface area contributed by atoms with Crippen LogP contribution in [0.25, 0.3) is 0 Å². The summed E-state index contributed by atoms with van der Waals surface area (Å²) in [6, 6.07) is 11.8. The topological polar surface area (TPSA) is 29.5 Å². The largest absolute Gasteiger partial charge is 0.497 e. The molecule has 0 radical (unpaired) electrons. The minimum Gasteiger partial charge on any atom is -0.497 e. The van der Waals surface area contributed by atoms with Crippen LogP contribution in [-0.4, -0.2) is 12.2 Å². The summed E-state index contributed by atoms with van der Waals surface area (Å²) in [6.45, 7) is 0. The summed E-state index contributed by atoms with van der Waals surface area (Å²) in [4.78, 5) is 0. The van der Waals surface area contributed by atoms with Gasteiger partial charge < -0.3 is 9.84 Å². The zero-order chi connectivity index (χ0) is 15.5. The Morgan fingerprint density at radius 2 is 1.81 bits per heavy atom. The molecule has 0 saturated heterocycles. The van der Waals surface area contributed by atoms with Crippen LogP contribution in [0.3, 0.4) is 0 Å². The normalized spacial score (nSPS) is 13.0. The molecule has 0 aliphatic rings. The first kappa shape index (κ1) is 15.4. The van der Waals surface area contributed by atoms with Crippen molar-refractivity contribution >= 4 is 0 Å². The van der Waals surface area contributed by atoms with Gasteiger partial charge in [-0.05, 0) is 29.3 Å². The van der Waals surface area contributed by atoms with E-state index in [4.69, 9.17) is 4.74 Å². The van der Waals surface area contributed by atoms with Crippen LogP contribution in [-0.2, 0) is 12.6 Å². The molecule has 0 amide bonds. The van der Waals surface area contributed by atoms with E-state index in [1.54, 1.807) is 30.3 Å². The fourth-order valence-electron chi connectivity index (χ4n) is 2.06. The van der Waals surface area contributed by atoms with Crippen molar-refractivity contribution in [3.8, 4) is 5.75 Å². The highest BCUT2D eigenvalue weighted by Gasteiger charge is 2.30. The summed E-state index contributed by atoms with van der Waals surface area (Å²) in [7, 11) is 1.51. The van der Waals surface area contributed by atoms with Crippen molar-refractivity contribution in [2.45, 2.75) is 18.7 Å². The predicted octanol–water partition coefficient (Wildman–Crippen LogP) is 3.99. The Morgan fingerprint density at radius 3 is 2.48 bits per heavy atom. The van der Waals surface area contributed by atoms with Crippen molar-refractivity contribution in [1.29, 1.82) is 0 Å². The van der Waals surface area contributed by atoms with Crippen LogP contribution < -0.4 is 4.74 Å². The van der Waals surface area contributed by atoms with Crippen LogP contribution in [0.4, 0.5) is 13.2 Å². The fourth-order valence-corrected chi connectivity index (χ4v) is 2.06. The van der Waals surface area contributed by atoms with Crippen LogP contribution >= 0.6 is 0 Å². The summed E-state index contributed by atoms with van der Waals surface area (Å²) in [6.07, 6.45) is -5.16. The molecular formula is C16H15F3O2. The first-order valence-corrected chi connectivity index (χ1v) is 6.38. The lowest BCUT2D eigenvalue weighted by Crippen LogP contribution is -2.07. The molecule has 1 atom stereocenters. The molecule has 2 nitrogen and oxygen atoms in total. The number of hydrogen-bond donors (Lipinski definition) is 1. The van der Waals surface area contributed by atoms with Gasteiger partial charge in [0, 0.05) is 6.42 Å². The van der Waals surface area contributed by atoms with Gasteiger partial charge in [-0.15, -0.1) is 0 Å². The highest BCUT2D eigenvalue weighted by Crippen LogP contribution is 2.30. The minimum absolute atomic E-state index is 0.108. The molecule has 0 aliphatic carbocycles. The van der Waals surface area contributed by atoms with Crippen molar-refractivity contribution in [2.24, 2.45) is 0 Å². The van der Waals surface area contributed by atoms with Crippen LogP contribution in [0.5, 0.6) is 5.75 Å². The Morgan fingerprint density at radius 1 is 1.10 bits per heavy atom. The molecule has 0 aliphatic heterocycles. The Labute approximate surface area is 120 Å². The van der Waals surface area contributed by atoms with Crippen LogP contribution in [0.15, 0.2) is 48.5 Å². The quantitative estimate of drug-likeness (QED) is 0.924. The number of alkyl halides is 3. The molecule has 0 spiro atoms. The smallest absolute Gasteiger partial charge is 0.416 e. The number of methoxy groups -OCH3 is 1. The summed E-state index contributed by atoms with van der Waals surface area (Å²) >= 11 is 0. The average Bonchev–Trinajstić information content (AvgIpc) is 2.46. The van der Waals surface area contributed by atoms with E-state index in [-0.39, 0.29) is 6.42 Å². The molecule has 21 heavy (non-hydrogen) atoms. The number of ether oxygens (including phenoxy) is 1. The van der Waals surface area contributed by atoms with Gasteiger partial charge in [0.1, 0.15) is 5.75 Å². The maximum absolute atomic E-state index is 12.6. The zero-order valence-corrected chi connectivity index (χ0v) is 11.4. The van der Waals surface area contributed by atoms with Crippen LogP contribution in [0, 0.1) is 0 Å². The molecule has 1 unspecified atom stereocenters. The second kappa shape index (κ2) is 6.18. The zero-order valence-electron chi connectivity index (χ0n) is 11.4. The average molecular weight is 296 g/mol. The SMILES string of the molecule is COc1cccc(C(O)Cc2cccc(C(F)(F)F)c2)c1. The van der Waals surface area contributed by atoms with Crippen molar-refractivity contribution in [3.05, 3.63) is 65.2 Å². The summed E-state index contributed by atoms with van der Waals surface area (Å²) in [5, 5.41) is 10.2. The van der Waals surface area contributed by atoms with E-state index in [1.165, 1.54) is 13.2 Å². The number of benzene rings is 2. The molecule has 5 heteroatoms. The molecule has 0 fully saturated rings. The number of halogens is 3. The van der Waals surface area contributed by atoms with Gasteiger partial charge in [-0.25, -0.2) is 0 Å². The van der Waals surface area contributed by atoms with Crippen molar-refractivity contribution in [2.75, 3.05) is 7.11 Å². The summed E-state index contributed by atoms with van der Waals surface area (Å²) in [5.41, 5.74) is 0.324. The van der Waals surface area contributed by atoms with E-state index in [0.717, 1.165) is 12.1 Å². The predicted molar refractivity (Wildman–Crippen MR) is 73.1 cm³/mol. The fraction of sp³-hybridized carbons (Fsp3) is 0.250. The van der Waals surface area contributed by atoms with E-state index < -0.39 is 17.8 Å². The lowest BCUT2D eigenvalue weighted by atomic mass is 10.00. The van der Waals surface area contributed by atoms with E-state index >= 15 is 0 Å². The van der Waals surface area contributed by atoms with Crippen molar-refractivity contribution in [3.63, 3.8) is 0 Å². The van der Waals surface area contributed by atoms with Gasteiger partial charge in [0.05, 0.1) is 18.8 Å². The molecule has 2 rings (SSSR count). The third-order valence-corrected chi connectivity index (χ3v) is 3.16. The van der Waals surface area contributed by atoms with E-state index in [0.29, 0.717) is 16.9 Å². The molecule has 0 bridgehead atoms. The monoisotopic (exact) mass is 296 g/mol. The van der Waals surface area contributed by atoms with Gasteiger partial charge in [-0.3, -0.25) is 0 Å². The maximum atomic E-state index is 12.6. The Balaban J connectivity index is 2.17. The number of hydrogen-bond acceptors (Lipinski definition) is 2. The van der Waals surface area contributed by atoms with Crippen molar-refractivity contribution < 1.29 is 23.0 Å². The first-order chi connectivity index (χ1) is 9.90. The summed E-state index contributed by atoms with van der Waals surface area (Å²) < 4.78 is 43.0. The van der Waals surface area contributed by atoms with Crippen molar-refractivity contribution in [1.82, 2.24) is 0 Å². The standard InChI is InChI=1S/C16H15F3O2/c1-21-14-7-3-5-12(10-14)15(20)9-11-4-2-6-13(8-11)16(17,18)19/h2-8,10,15,20H,9H2,1H3. The molecule has 0 aromatic heterocycles. The van der Waals surface area contributed by atoms with E-state index in [9.17, 15) is 18.3 Å². The molecular weight excluding hydrogens is 281 g/mol. The van der Waals surface area contributed by atoms with Gasteiger partial charge in [-0.2, -0.15) is 13.2 Å². The van der Waals surface area contributed by atoms with Gasteiger partial charge in [-0.1, -0.05) is 30.3 Å². The number of aliphatic hydroxyl groups is 1. The number of rotatable bonds is 4. The highest BCUT2D eigenvalue weighted by molar-refractivity contribution is 5.32. The molecule has 2 aromatic carbocycles. The van der Waals surface area contributed by atoms with Gasteiger partial charge in [0.25, 0.3) is 0 Å². The van der Waals surface area contributed by atoms with Crippen LogP contribution in [0.2, 0.25) is 0 Å². The minimum atomic E-state index is -4.38. The third kappa shape index (κ3) is 3.98. The Hall–Kier alpha value is -2.01. The number of aliphatic hydroxyl groups excluding tert-OH is 1. The third-order valence-electron chi connectivity index (χ3n) is 3.16. The lowest BCUT2D eigenvalue weighted by Gasteiger charge is -2.14. The Kier molecular flexibility index (Phi) is 4.53. The molecule has 2 aromatic rings. The molecule has 1 N–H and O–H groups in total. The van der Waals surface area contributed by atoms with Gasteiger partial charge >= 0.3 is 6.18 Å². The second-order valence-electron chi connectivity index (χ2n) is 4.69. The highest BCUT2D eigenvalue weighted by atomic mass is 19.4. The molecule has 0 heterocycles. The Bertz CT molecular complexity index is 608. The molecule has 112 valence electrons. The first-order valence-electron chi connectivity index (χ1n) is 6.38. The second-order valence-corrected chi connectivity index (χ2v) is 4.69. The van der Waals surface area contributed by atoms with Gasteiger partial charge in [0.15, 0.2) is 0 Å². The van der Waals surface area contributed by atoms with E-state index in [2.05, 4.69) is 0 Å². The summed E-state index contributed by atoms with van der Waals surface area (Å²) in [5.74, 6) is 0.593. The lowest BCUT2D eigenvalue weighted by molar-refractivity contribution is -0.137. The maximum Gasteiger partial charge on any atom is 0.416 e. The van der Waals surface area contributed by atoms with Gasteiger partial charge in [0.2, 0.25) is 0 Å². The van der Waals surface area contributed by atoms with E-state index in [1.807, 2.05) is 0 Å².